The Balaban J connectivity index is 2.39. The lowest BCUT2D eigenvalue weighted by Crippen LogP contribution is -2.30. The second kappa shape index (κ2) is 4.76. The predicted octanol–water partition coefficient (Wildman–Crippen LogP) is 2.87. The van der Waals surface area contributed by atoms with Crippen LogP contribution >= 0.6 is 0 Å². The fourth-order valence-electron chi connectivity index (χ4n) is 2.31. The van der Waals surface area contributed by atoms with Gasteiger partial charge in [0, 0.05) is 5.92 Å². The number of carboxylic acids is 1. The molecule has 0 aromatic rings. The molecule has 1 atom stereocenters. The van der Waals surface area contributed by atoms with Crippen molar-refractivity contribution in [3.63, 3.8) is 0 Å². The molecule has 1 saturated carbocycles. The zero-order valence-electron chi connectivity index (χ0n) is 8.87. The van der Waals surface area contributed by atoms with Gasteiger partial charge in [0.05, 0.1) is 0 Å². The van der Waals surface area contributed by atoms with Crippen molar-refractivity contribution < 1.29 is 14.3 Å². The van der Waals surface area contributed by atoms with E-state index in [2.05, 4.69) is 13.8 Å². The number of aliphatic carboxylic acids is 1. The number of halogens is 1. The minimum absolute atomic E-state index is 0.248. The summed E-state index contributed by atoms with van der Waals surface area (Å²) in [6.07, 6.45) is 1.78. The molecule has 3 heteroatoms. The van der Waals surface area contributed by atoms with Crippen LogP contribution in [0.15, 0.2) is 0 Å². The van der Waals surface area contributed by atoms with Gasteiger partial charge in [0.1, 0.15) is 0 Å². The maximum absolute atomic E-state index is 13.1. The van der Waals surface area contributed by atoms with Gasteiger partial charge in [-0.25, -0.2) is 9.18 Å². The zero-order chi connectivity index (χ0) is 10.7. The van der Waals surface area contributed by atoms with Crippen LogP contribution in [0.2, 0.25) is 0 Å². The first-order valence-corrected chi connectivity index (χ1v) is 5.39. The lowest BCUT2D eigenvalue weighted by Gasteiger charge is -2.31. The maximum atomic E-state index is 13.1. The summed E-state index contributed by atoms with van der Waals surface area (Å²) in [6, 6.07) is 0. The van der Waals surface area contributed by atoms with Crippen molar-refractivity contribution in [2.24, 2.45) is 17.8 Å². The smallest absolute Gasteiger partial charge is 0.338 e. The molecular formula is C11H19FO2. The van der Waals surface area contributed by atoms with E-state index in [1.54, 1.807) is 0 Å². The molecule has 0 spiro atoms. The number of hydrogen-bond donors (Lipinski definition) is 1. The van der Waals surface area contributed by atoms with Crippen LogP contribution in [0.5, 0.6) is 0 Å². The third-order valence-corrected chi connectivity index (χ3v) is 3.41. The molecule has 1 N–H and O–H groups in total. The van der Waals surface area contributed by atoms with Gasteiger partial charge in [-0.1, -0.05) is 13.8 Å². The Kier molecular flexibility index (Phi) is 3.90. The molecule has 1 aliphatic carbocycles. The Bertz CT molecular complexity index is 195. The largest absolute Gasteiger partial charge is 0.479 e. The highest BCUT2D eigenvalue weighted by atomic mass is 19.1. The van der Waals surface area contributed by atoms with Crippen molar-refractivity contribution >= 4 is 5.97 Å². The summed E-state index contributed by atoms with van der Waals surface area (Å²) >= 11 is 0. The molecule has 1 unspecified atom stereocenters. The summed E-state index contributed by atoms with van der Waals surface area (Å²) in [5.74, 6) is -0.244. The third kappa shape index (κ3) is 2.69. The van der Waals surface area contributed by atoms with E-state index in [0.29, 0.717) is 11.8 Å². The minimum atomic E-state index is -1.65. The summed E-state index contributed by atoms with van der Waals surface area (Å²) in [4.78, 5) is 10.4. The first kappa shape index (κ1) is 11.5. The molecule has 1 aliphatic rings. The quantitative estimate of drug-likeness (QED) is 0.764. The monoisotopic (exact) mass is 202 g/mol. The highest BCUT2D eigenvalue weighted by molar-refractivity contribution is 5.72. The van der Waals surface area contributed by atoms with E-state index in [-0.39, 0.29) is 5.92 Å². The minimum Gasteiger partial charge on any atom is -0.479 e. The Labute approximate surface area is 84.5 Å². The number of hydrogen-bond acceptors (Lipinski definition) is 1. The molecule has 1 fully saturated rings. The van der Waals surface area contributed by atoms with E-state index in [0.717, 1.165) is 25.7 Å². The molecule has 82 valence electrons. The number of carboxylic acid groups (broad SMARTS) is 1. The molecule has 0 heterocycles. The van der Waals surface area contributed by atoms with Crippen LogP contribution in [0.1, 0.15) is 39.5 Å². The SMILES string of the molecule is CC(C)C1CCC(C(F)C(=O)O)CC1. The number of alkyl halides is 1. The average molecular weight is 202 g/mol. The fraction of sp³-hybridized carbons (Fsp3) is 0.909. The molecule has 0 saturated heterocycles. The standard InChI is InChI=1S/C11H19FO2/c1-7(2)8-3-5-9(6-4-8)10(12)11(13)14/h7-10H,3-6H2,1-2H3,(H,13,14). The summed E-state index contributed by atoms with van der Waals surface area (Å²) < 4.78 is 13.1. The van der Waals surface area contributed by atoms with Gasteiger partial charge in [-0.2, -0.15) is 0 Å². The highest BCUT2D eigenvalue weighted by Gasteiger charge is 2.32. The molecule has 0 aromatic heterocycles. The van der Waals surface area contributed by atoms with Gasteiger partial charge in [0.25, 0.3) is 0 Å². The van der Waals surface area contributed by atoms with Crippen LogP contribution in [0, 0.1) is 17.8 Å². The van der Waals surface area contributed by atoms with Gasteiger partial charge in [-0.3, -0.25) is 0 Å². The molecule has 0 amide bonds. The van der Waals surface area contributed by atoms with E-state index in [4.69, 9.17) is 5.11 Å². The summed E-state index contributed by atoms with van der Waals surface area (Å²) in [6.45, 7) is 4.35. The van der Waals surface area contributed by atoms with E-state index in [1.165, 1.54) is 0 Å². The van der Waals surface area contributed by atoms with Gasteiger partial charge >= 0.3 is 5.97 Å². The average Bonchev–Trinajstić information content (AvgIpc) is 2.16. The summed E-state index contributed by atoms with van der Waals surface area (Å²) in [5.41, 5.74) is 0. The molecule has 0 aromatic carbocycles. The first-order chi connectivity index (χ1) is 6.52. The maximum Gasteiger partial charge on any atom is 0.338 e. The van der Waals surface area contributed by atoms with Gasteiger partial charge in [-0.05, 0) is 37.5 Å². The molecule has 0 bridgehead atoms. The van der Waals surface area contributed by atoms with Crippen molar-refractivity contribution in [2.75, 3.05) is 0 Å². The van der Waals surface area contributed by atoms with Crippen molar-refractivity contribution in [3.8, 4) is 0 Å². The molecule has 2 nitrogen and oxygen atoms in total. The van der Waals surface area contributed by atoms with E-state index in [1.807, 2.05) is 0 Å². The second-order valence-electron chi connectivity index (χ2n) is 4.66. The van der Waals surface area contributed by atoms with Crippen LogP contribution in [0.4, 0.5) is 4.39 Å². The zero-order valence-corrected chi connectivity index (χ0v) is 8.87. The fourth-order valence-corrected chi connectivity index (χ4v) is 2.31. The number of rotatable bonds is 3. The van der Waals surface area contributed by atoms with Gasteiger partial charge in [-0.15, -0.1) is 0 Å². The van der Waals surface area contributed by atoms with Crippen LogP contribution in [-0.2, 0) is 4.79 Å². The molecule has 0 radical (unpaired) electrons. The highest BCUT2D eigenvalue weighted by Crippen LogP contribution is 2.35. The lowest BCUT2D eigenvalue weighted by molar-refractivity contribution is -0.145. The Morgan fingerprint density at radius 2 is 1.64 bits per heavy atom. The topological polar surface area (TPSA) is 37.3 Å². The van der Waals surface area contributed by atoms with Gasteiger partial charge in [0.2, 0.25) is 0 Å². The van der Waals surface area contributed by atoms with Crippen molar-refractivity contribution in [2.45, 2.75) is 45.7 Å². The lowest BCUT2D eigenvalue weighted by atomic mass is 9.75. The van der Waals surface area contributed by atoms with Crippen molar-refractivity contribution in [3.05, 3.63) is 0 Å². The van der Waals surface area contributed by atoms with E-state index >= 15 is 0 Å². The first-order valence-electron chi connectivity index (χ1n) is 5.39. The van der Waals surface area contributed by atoms with Crippen LogP contribution in [0.3, 0.4) is 0 Å². The molecule has 0 aliphatic heterocycles. The summed E-state index contributed by atoms with van der Waals surface area (Å²) in [5, 5.41) is 8.53. The molecular weight excluding hydrogens is 183 g/mol. The Morgan fingerprint density at radius 3 is 2.00 bits per heavy atom. The Morgan fingerprint density at radius 1 is 1.21 bits per heavy atom. The van der Waals surface area contributed by atoms with Crippen LogP contribution in [0.25, 0.3) is 0 Å². The summed E-state index contributed by atoms with van der Waals surface area (Å²) in [7, 11) is 0. The second-order valence-corrected chi connectivity index (χ2v) is 4.66. The van der Waals surface area contributed by atoms with Gasteiger partial charge < -0.3 is 5.11 Å². The third-order valence-electron chi connectivity index (χ3n) is 3.41. The van der Waals surface area contributed by atoms with Crippen LogP contribution < -0.4 is 0 Å². The predicted molar refractivity (Wildman–Crippen MR) is 52.8 cm³/mol. The van der Waals surface area contributed by atoms with Gasteiger partial charge in [0.15, 0.2) is 6.17 Å². The van der Waals surface area contributed by atoms with Crippen molar-refractivity contribution in [1.29, 1.82) is 0 Å². The van der Waals surface area contributed by atoms with E-state index < -0.39 is 12.1 Å². The molecule has 1 rings (SSSR count). The number of carbonyl (C=O) groups is 1. The van der Waals surface area contributed by atoms with E-state index in [9.17, 15) is 9.18 Å². The normalized spacial score (nSPS) is 30.3. The molecule has 14 heavy (non-hydrogen) atoms. The van der Waals surface area contributed by atoms with Crippen molar-refractivity contribution in [1.82, 2.24) is 0 Å². The van der Waals surface area contributed by atoms with Crippen LogP contribution in [-0.4, -0.2) is 17.2 Å². The Hall–Kier alpha value is -0.600.